The Balaban J connectivity index is 0.000000157. The maximum atomic E-state index is 13.3. The number of hydrogen-bond donors (Lipinski definition) is 6. The number of pyridine rings is 3. The predicted molar refractivity (Wildman–Crippen MR) is 379 cm³/mol. The lowest BCUT2D eigenvalue weighted by molar-refractivity contribution is 0.0943. The number of aromatic nitrogens is 6. The van der Waals surface area contributed by atoms with Gasteiger partial charge in [0, 0.05) is 66.9 Å². The minimum atomic E-state index is -0.265. The third-order valence-corrected chi connectivity index (χ3v) is 17.8. The lowest BCUT2D eigenvalue weighted by Crippen LogP contribution is -2.28. The Labute approximate surface area is 556 Å². The summed E-state index contributed by atoms with van der Waals surface area (Å²) < 4.78 is 22.6. The zero-order chi connectivity index (χ0) is 68.5. The SMILES string of the molecule is COc1cc(C)[nH]c(=O)c1CNC(=O)c1c(C)n(C(C)c2ccccc2)c2ccccc12.COc1cc(C)[nH]c(=O)c1CNC(=O)c1c(C)n(C(C)c2ccccc2)c2ccccc12.COc1cc(C)[nH]c(=O)c1CNC(=O)c1c(C)n(C(C)c2ccccc2)c2ccccc12. The van der Waals surface area contributed by atoms with Crippen molar-refractivity contribution in [1.82, 2.24) is 44.6 Å². The molecule has 12 rings (SSSR count). The number of rotatable bonds is 18. The minimum absolute atomic E-state index is 0.0580. The van der Waals surface area contributed by atoms with Crippen molar-refractivity contribution >= 4 is 50.4 Å². The van der Waals surface area contributed by atoms with Crippen molar-refractivity contribution < 1.29 is 28.6 Å². The van der Waals surface area contributed by atoms with E-state index < -0.39 is 0 Å². The summed E-state index contributed by atoms with van der Waals surface area (Å²) >= 11 is 0. The summed E-state index contributed by atoms with van der Waals surface area (Å²) in [7, 11) is 4.55. The second kappa shape index (κ2) is 29.7. The molecule has 6 heterocycles. The molecule has 492 valence electrons. The summed E-state index contributed by atoms with van der Waals surface area (Å²) in [5, 5.41) is 11.4. The van der Waals surface area contributed by atoms with Crippen LogP contribution in [0.4, 0.5) is 0 Å². The molecule has 0 saturated carbocycles. The smallest absolute Gasteiger partial charge is 0.256 e. The molecule has 0 fully saturated rings. The highest BCUT2D eigenvalue weighted by atomic mass is 16.5. The van der Waals surface area contributed by atoms with Gasteiger partial charge < -0.3 is 58.8 Å². The summed E-state index contributed by atoms with van der Waals surface area (Å²) in [4.78, 5) is 85.5. The molecular weight excluding hydrogens is 1210 g/mol. The summed E-state index contributed by atoms with van der Waals surface area (Å²) in [5.74, 6) is 0.717. The van der Waals surface area contributed by atoms with Crippen molar-refractivity contribution in [3.63, 3.8) is 0 Å². The van der Waals surface area contributed by atoms with Crippen LogP contribution in [0.5, 0.6) is 17.2 Å². The molecule has 0 radical (unpaired) electrons. The van der Waals surface area contributed by atoms with E-state index in [4.69, 9.17) is 14.2 Å². The van der Waals surface area contributed by atoms with Crippen molar-refractivity contribution in [2.45, 2.75) is 100 Å². The molecule has 96 heavy (non-hydrogen) atoms. The Kier molecular flexibility index (Phi) is 20.9. The van der Waals surface area contributed by atoms with Crippen molar-refractivity contribution in [2.75, 3.05) is 21.3 Å². The van der Waals surface area contributed by atoms with E-state index in [1.807, 2.05) is 148 Å². The number of benzene rings is 6. The number of nitrogens with one attached hydrogen (secondary N) is 6. The number of fused-ring (bicyclic) bond motifs is 3. The lowest BCUT2D eigenvalue weighted by Gasteiger charge is -2.18. The molecule has 3 amide bonds. The van der Waals surface area contributed by atoms with Crippen LogP contribution in [0.3, 0.4) is 0 Å². The van der Waals surface area contributed by atoms with Crippen LogP contribution in [0, 0.1) is 41.5 Å². The van der Waals surface area contributed by atoms with E-state index in [2.05, 4.69) is 102 Å². The number of para-hydroxylation sites is 3. The molecular formula is C78H81N9O9. The molecule has 3 atom stereocenters. The highest BCUT2D eigenvalue weighted by molar-refractivity contribution is 6.10. The topological polar surface area (TPSA) is 228 Å². The quantitative estimate of drug-likeness (QED) is 0.0479. The largest absolute Gasteiger partial charge is 0.496 e. The first-order valence-electron chi connectivity index (χ1n) is 31.8. The lowest BCUT2D eigenvalue weighted by atomic mass is 10.1. The zero-order valence-corrected chi connectivity index (χ0v) is 56.2. The van der Waals surface area contributed by atoms with Crippen LogP contribution in [0.25, 0.3) is 32.7 Å². The van der Waals surface area contributed by atoms with Crippen LogP contribution in [0.2, 0.25) is 0 Å². The molecule has 0 aliphatic heterocycles. The van der Waals surface area contributed by atoms with E-state index in [1.165, 1.54) is 38.0 Å². The molecule has 18 heteroatoms. The van der Waals surface area contributed by atoms with E-state index in [1.54, 1.807) is 39.0 Å². The summed E-state index contributed by atoms with van der Waals surface area (Å²) in [6.07, 6.45) is 0. The van der Waals surface area contributed by atoms with Gasteiger partial charge in [0.1, 0.15) is 17.2 Å². The van der Waals surface area contributed by atoms with Gasteiger partial charge in [0.15, 0.2) is 0 Å². The molecule has 6 N–H and O–H groups in total. The monoisotopic (exact) mass is 1290 g/mol. The van der Waals surface area contributed by atoms with Crippen LogP contribution in [-0.4, -0.2) is 67.7 Å². The van der Waals surface area contributed by atoms with E-state index in [-0.39, 0.29) is 72.2 Å². The number of amides is 3. The number of ether oxygens (including phenoxy) is 3. The fourth-order valence-corrected chi connectivity index (χ4v) is 13.1. The third kappa shape index (κ3) is 13.9. The molecule has 12 aromatic rings. The van der Waals surface area contributed by atoms with Gasteiger partial charge in [-0.05, 0) is 115 Å². The number of nitrogens with zero attached hydrogens (tertiary/aromatic N) is 3. The van der Waals surface area contributed by atoms with Gasteiger partial charge in [-0.2, -0.15) is 0 Å². The van der Waals surface area contributed by atoms with Gasteiger partial charge in [-0.3, -0.25) is 28.8 Å². The molecule has 6 aromatic carbocycles. The predicted octanol–water partition coefficient (Wildman–Crippen LogP) is 13.5. The van der Waals surface area contributed by atoms with Crippen LogP contribution < -0.4 is 46.8 Å². The van der Waals surface area contributed by atoms with Crippen molar-refractivity contribution in [1.29, 1.82) is 0 Å². The Morgan fingerprint density at radius 2 is 0.594 bits per heavy atom. The van der Waals surface area contributed by atoms with Gasteiger partial charge >= 0.3 is 0 Å². The van der Waals surface area contributed by atoms with Crippen molar-refractivity contribution in [3.8, 4) is 17.2 Å². The maximum absolute atomic E-state index is 13.3. The van der Waals surface area contributed by atoms with E-state index in [0.29, 0.717) is 67.7 Å². The average molecular weight is 1290 g/mol. The second-order valence-corrected chi connectivity index (χ2v) is 23.8. The van der Waals surface area contributed by atoms with Crippen molar-refractivity contribution in [3.05, 3.63) is 297 Å². The second-order valence-electron chi connectivity index (χ2n) is 23.8. The van der Waals surface area contributed by atoms with E-state index in [0.717, 1.165) is 49.8 Å². The number of methoxy groups -OCH3 is 3. The molecule has 6 aromatic heterocycles. The third-order valence-electron chi connectivity index (χ3n) is 17.8. The Morgan fingerprint density at radius 3 is 0.833 bits per heavy atom. The maximum Gasteiger partial charge on any atom is 0.256 e. The molecule has 18 nitrogen and oxygen atoms in total. The number of aromatic amines is 3. The zero-order valence-electron chi connectivity index (χ0n) is 56.2. The summed E-state index contributed by atoms with van der Waals surface area (Å²) in [5.41, 5.74) is 13.5. The van der Waals surface area contributed by atoms with Crippen LogP contribution in [0.1, 0.15) is 138 Å². The number of aryl methyl sites for hydroxylation is 3. The average Bonchev–Trinajstić information content (AvgIpc) is 1.62. The van der Waals surface area contributed by atoms with Gasteiger partial charge in [0.2, 0.25) is 0 Å². The van der Waals surface area contributed by atoms with Crippen LogP contribution in [-0.2, 0) is 19.6 Å². The molecule has 0 bridgehead atoms. The Hall–Kier alpha value is -11.4. The van der Waals surface area contributed by atoms with Gasteiger partial charge in [-0.15, -0.1) is 0 Å². The Morgan fingerprint density at radius 1 is 0.365 bits per heavy atom. The standard InChI is InChI=1S/3C26H27N3O3/c3*1-16-14-23(32-4)21(25(30)28-16)15-27-26(31)24-18(3)29(22-13-9-8-12-20(22)24)17(2)19-10-6-5-7-11-19/h3*5-14,17H,15H2,1-4H3,(H,27,31)(H,28,30). The van der Waals surface area contributed by atoms with Crippen molar-refractivity contribution in [2.24, 2.45) is 0 Å². The Bertz CT molecular complexity index is 4500. The molecule has 3 unspecified atom stereocenters. The fourth-order valence-electron chi connectivity index (χ4n) is 13.1. The fraction of sp³-hybridized carbons (Fsp3) is 0.231. The van der Waals surface area contributed by atoms with Gasteiger partial charge in [-0.1, -0.05) is 146 Å². The molecule has 0 aliphatic carbocycles. The number of H-pyrrole nitrogens is 3. The molecule has 0 spiro atoms. The first-order chi connectivity index (χ1) is 46.3. The van der Waals surface area contributed by atoms with Crippen LogP contribution >= 0.6 is 0 Å². The highest BCUT2D eigenvalue weighted by Gasteiger charge is 2.27. The van der Waals surface area contributed by atoms with Crippen LogP contribution in [0.15, 0.2) is 196 Å². The summed E-state index contributed by atoms with van der Waals surface area (Å²) in [6.45, 7) is 17.9. The highest BCUT2D eigenvalue weighted by Crippen LogP contribution is 2.36. The normalized spacial score (nSPS) is 12.0. The van der Waals surface area contributed by atoms with Gasteiger partial charge in [0.05, 0.1) is 92.5 Å². The van der Waals surface area contributed by atoms with E-state index >= 15 is 0 Å². The minimum Gasteiger partial charge on any atom is -0.496 e. The molecule has 0 aliphatic rings. The van der Waals surface area contributed by atoms with E-state index in [9.17, 15) is 28.8 Å². The number of hydrogen-bond acceptors (Lipinski definition) is 9. The number of carbonyl (C=O) groups excluding carboxylic acids is 3. The first-order valence-corrected chi connectivity index (χ1v) is 31.8. The summed E-state index contributed by atoms with van der Waals surface area (Å²) in [6, 6.07) is 59.8. The van der Waals surface area contributed by atoms with Gasteiger partial charge in [0.25, 0.3) is 34.4 Å². The number of carbonyl (C=O) groups is 3. The molecule has 0 saturated heterocycles. The van der Waals surface area contributed by atoms with Gasteiger partial charge in [-0.25, -0.2) is 0 Å². The first kappa shape index (κ1) is 67.5.